The van der Waals surface area contributed by atoms with E-state index in [1.165, 1.54) is 5.56 Å². The van der Waals surface area contributed by atoms with Gasteiger partial charge in [0, 0.05) is 25.8 Å². The molecular weight excluding hydrogens is 216 g/mol. The predicted octanol–water partition coefficient (Wildman–Crippen LogP) is 0.978. The summed E-state index contributed by atoms with van der Waals surface area (Å²) in [4.78, 5) is 6.59. The van der Waals surface area contributed by atoms with E-state index in [1.54, 1.807) is 0 Å². The second-order valence-corrected chi connectivity index (χ2v) is 5.01. The normalized spacial score (nSPS) is 20.2. The van der Waals surface area contributed by atoms with E-state index in [0.29, 0.717) is 5.82 Å². The van der Waals surface area contributed by atoms with Crippen LogP contribution in [0.5, 0.6) is 0 Å². The molecule has 0 atom stereocenters. The first-order chi connectivity index (χ1) is 8.09. The molecule has 0 unspecified atom stereocenters. The first-order valence-corrected chi connectivity index (χ1v) is 5.87. The molecule has 94 valence electrons. The zero-order valence-corrected chi connectivity index (χ0v) is 10.4. The van der Waals surface area contributed by atoms with Gasteiger partial charge in [0.1, 0.15) is 5.82 Å². The number of pyridine rings is 1. The minimum absolute atomic E-state index is 0.0512. The molecule has 2 heterocycles. The molecule has 0 radical (unpaired) electrons. The third-order valence-electron chi connectivity index (χ3n) is 2.88. The second kappa shape index (κ2) is 5.00. The van der Waals surface area contributed by atoms with E-state index in [-0.39, 0.29) is 5.60 Å². The predicted molar refractivity (Wildman–Crippen MR) is 67.4 cm³/mol. The summed E-state index contributed by atoms with van der Waals surface area (Å²) in [7, 11) is 0. The van der Waals surface area contributed by atoms with Gasteiger partial charge in [-0.3, -0.25) is 4.90 Å². The van der Waals surface area contributed by atoms with Crippen LogP contribution in [0.25, 0.3) is 0 Å². The standard InChI is InChI=1S/C12H20N4O/c1-12(2)9-16(5-6-17-12)8-10-3-4-11(15-13)14-7-10/h3-4,7H,5-6,8-9,13H2,1-2H3,(H,14,15). The van der Waals surface area contributed by atoms with Crippen molar-refractivity contribution in [3.63, 3.8) is 0 Å². The van der Waals surface area contributed by atoms with Crippen molar-refractivity contribution >= 4 is 5.82 Å². The summed E-state index contributed by atoms with van der Waals surface area (Å²) in [6.07, 6.45) is 1.86. The lowest BCUT2D eigenvalue weighted by atomic mass is 10.1. The fraction of sp³-hybridized carbons (Fsp3) is 0.583. The van der Waals surface area contributed by atoms with E-state index < -0.39 is 0 Å². The molecule has 0 aromatic carbocycles. The number of morpholine rings is 1. The van der Waals surface area contributed by atoms with Crippen molar-refractivity contribution < 1.29 is 4.74 Å². The lowest BCUT2D eigenvalue weighted by Crippen LogP contribution is -2.47. The molecule has 0 bridgehead atoms. The Morgan fingerprint density at radius 3 is 2.94 bits per heavy atom. The van der Waals surface area contributed by atoms with Gasteiger partial charge in [-0.15, -0.1) is 0 Å². The molecular formula is C12H20N4O. The zero-order chi connectivity index (χ0) is 12.3. The Labute approximate surface area is 102 Å². The molecule has 1 saturated heterocycles. The summed E-state index contributed by atoms with van der Waals surface area (Å²) in [6.45, 7) is 7.87. The topological polar surface area (TPSA) is 63.4 Å². The number of hydrogen-bond acceptors (Lipinski definition) is 5. The van der Waals surface area contributed by atoms with E-state index in [4.69, 9.17) is 10.6 Å². The first kappa shape index (κ1) is 12.3. The summed E-state index contributed by atoms with van der Waals surface area (Å²) in [6, 6.07) is 3.94. The van der Waals surface area contributed by atoms with Gasteiger partial charge in [-0.1, -0.05) is 6.07 Å². The van der Waals surface area contributed by atoms with E-state index in [2.05, 4.69) is 29.2 Å². The van der Waals surface area contributed by atoms with Crippen LogP contribution in [0, 0.1) is 0 Å². The number of nitrogen functional groups attached to an aromatic ring is 1. The number of hydrazine groups is 1. The average molecular weight is 236 g/mol. The average Bonchev–Trinajstić information content (AvgIpc) is 2.29. The van der Waals surface area contributed by atoms with Gasteiger partial charge in [0.15, 0.2) is 0 Å². The summed E-state index contributed by atoms with van der Waals surface area (Å²) < 4.78 is 5.69. The Bertz CT molecular complexity index is 363. The molecule has 1 aliphatic heterocycles. The molecule has 1 aromatic rings. The van der Waals surface area contributed by atoms with Crippen LogP contribution < -0.4 is 11.3 Å². The van der Waals surface area contributed by atoms with Crippen LogP contribution in [0.3, 0.4) is 0 Å². The highest BCUT2D eigenvalue weighted by Gasteiger charge is 2.26. The van der Waals surface area contributed by atoms with Crippen molar-refractivity contribution in [2.75, 3.05) is 25.1 Å². The Kier molecular flexibility index (Phi) is 3.61. The summed E-state index contributed by atoms with van der Waals surface area (Å²) >= 11 is 0. The van der Waals surface area contributed by atoms with E-state index >= 15 is 0 Å². The zero-order valence-electron chi connectivity index (χ0n) is 10.4. The van der Waals surface area contributed by atoms with Crippen molar-refractivity contribution in [2.45, 2.75) is 26.0 Å². The quantitative estimate of drug-likeness (QED) is 0.605. The minimum atomic E-state index is -0.0512. The molecule has 0 saturated carbocycles. The van der Waals surface area contributed by atoms with Gasteiger partial charge in [-0.05, 0) is 25.5 Å². The minimum Gasteiger partial charge on any atom is -0.373 e. The van der Waals surface area contributed by atoms with E-state index in [9.17, 15) is 0 Å². The summed E-state index contributed by atoms with van der Waals surface area (Å²) in [5.41, 5.74) is 3.67. The van der Waals surface area contributed by atoms with Gasteiger partial charge in [-0.2, -0.15) is 0 Å². The Morgan fingerprint density at radius 1 is 1.53 bits per heavy atom. The lowest BCUT2D eigenvalue weighted by Gasteiger charge is -2.38. The van der Waals surface area contributed by atoms with Gasteiger partial charge >= 0.3 is 0 Å². The molecule has 1 fully saturated rings. The van der Waals surface area contributed by atoms with Crippen LogP contribution in [0.4, 0.5) is 5.82 Å². The molecule has 1 aromatic heterocycles. The highest BCUT2D eigenvalue weighted by molar-refractivity contribution is 5.33. The number of rotatable bonds is 3. The first-order valence-electron chi connectivity index (χ1n) is 5.87. The van der Waals surface area contributed by atoms with Gasteiger partial charge in [-0.25, -0.2) is 10.8 Å². The third-order valence-corrected chi connectivity index (χ3v) is 2.88. The molecule has 1 aliphatic rings. The molecule has 17 heavy (non-hydrogen) atoms. The maximum atomic E-state index is 5.69. The second-order valence-electron chi connectivity index (χ2n) is 5.01. The van der Waals surface area contributed by atoms with Crippen molar-refractivity contribution in [2.24, 2.45) is 5.84 Å². The van der Waals surface area contributed by atoms with Crippen LogP contribution in [0.2, 0.25) is 0 Å². The number of nitrogens with two attached hydrogens (primary N) is 1. The fourth-order valence-electron chi connectivity index (χ4n) is 2.11. The van der Waals surface area contributed by atoms with Gasteiger partial charge < -0.3 is 10.2 Å². The van der Waals surface area contributed by atoms with Crippen molar-refractivity contribution in [3.8, 4) is 0 Å². The summed E-state index contributed by atoms with van der Waals surface area (Å²) in [5, 5.41) is 0. The molecule has 3 N–H and O–H groups in total. The number of anilines is 1. The van der Waals surface area contributed by atoms with Crippen LogP contribution >= 0.6 is 0 Å². The highest BCUT2D eigenvalue weighted by Crippen LogP contribution is 2.18. The molecule has 5 heteroatoms. The number of ether oxygens (including phenoxy) is 1. The Morgan fingerprint density at radius 2 is 2.35 bits per heavy atom. The van der Waals surface area contributed by atoms with Gasteiger partial charge in [0.2, 0.25) is 0 Å². The highest BCUT2D eigenvalue weighted by atomic mass is 16.5. The maximum absolute atomic E-state index is 5.69. The van der Waals surface area contributed by atoms with Gasteiger partial charge in [0.05, 0.1) is 12.2 Å². The Hall–Kier alpha value is -1.17. The number of aromatic nitrogens is 1. The summed E-state index contributed by atoms with van der Waals surface area (Å²) in [5.74, 6) is 5.97. The van der Waals surface area contributed by atoms with E-state index in [1.807, 2.05) is 18.3 Å². The number of nitrogens with one attached hydrogen (secondary N) is 1. The van der Waals surface area contributed by atoms with Crippen molar-refractivity contribution in [3.05, 3.63) is 23.9 Å². The maximum Gasteiger partial charge on any atom is 0.139 e. The molecule has 2 rings (SSSR count). The number of nitrogens with zero attached hydrogens (tertiary/aromatic N) is 2. The largest absolute Gasteiger partial charge is 0.373 e. The third kappa shape index (κ3) is 3.39. The lowest BCUT2D eigenvalue weighted by molar-refractivity contribution is -0.0882. The molecule has 0 aliphatic carbocycles. The van der Waals surface area contributed by atoms with Crippen molar-refractivity contribution in [1.82, 2.24) is 9.88 Å². The molecule has 5 nitrogen and oxygen atoms in total. The van der Waals surface area contributed by atoms with Gasteiger partial charge in [0.25, 0.3) is 0 Å². The van der Waals surface area contributed by atoms with Crippen LogP contribution in [-0.2, 0) is 11.3 Å². The monoisotopic (exact) mass is 236 g/mol. The smallest absolute Gasteiger partial charge is 0.139 e. The van der Waals surface area contributed by atoms with Crippen LogP contribution in [0.1, 0.15) is 19.4 Å². The van der Waals surface area contributed by atoms with Crippen LogP contribution in [0.15, 0.2) is 18.3 Å². The Balaban J connectivity index is 1.95. The number of hydrogen-bond donors (Lipinski definition) is 2. The molecule has 0 spiro atoms. The molecule has 0 amide bonds. The van der Waals surface area contributed by atoms with E-state index in [0.717, 1.165) is 26.2 Å². The fourth-order valence-corrected chi connectivity index (χ4v) is 2.11. The van der Waals surface area contributed by atoms with Crippen molar-refractivity contribution in [1.29, 1.82) is 0 Å². The van der Waals surface area contributed by atoms with Crippen LogP contribution in [-0.4, -0.2) is 35.2 Å². The SMILES string of the molecule is CC1(C)CN(Cc2ccc(NN)nc2)CCO1.